The molecule has 1 spiro atoms. The second-order valence-electron chi connectivity index (χ2n) is 9.09. The van der Waals surface area contributed by atoms with Crippen LogP contribution in [0.25, 0.3) is 22.4 Å². The van der Waals surface area contributed by atoms with Crippen LogP contribution in [0.5, 0.6) is 0 Å². The number of nitrogens with one attached hydrogen (secondary N) is 1. The van der Waals surface area contributed by atoms with Crippen molar-refractivity contribution in [1.29, 1.82) is 0 Å². The van der Waals surface area contributed by atoms with Crippen LogP contribution in [-0.2, 0) is 25.5 Å². The van der Waals surface area contributed by atoms with Crippen LogP contribution in [0.4, 0.5) is 10.1 Å². The van der Waals surface area contributed by atoms with E-state index in [1.54, 1.807) is 30.0 Å². The molecule has 5 heterocycles. The summed E-state index contributed by atoms with van der Waals surface area (Å²) in [6.45, 7) is 3.86. The van der Waals surface area contributed by atoms with Gasteiger partial charge >= 0.3 is 0 Å². The molecule has 2 amide bonds. The number of nitrogens with zero attached hydrogens (tertiary/aromatic N) is 4. The van der Waals surface area contributed by atoms with Crippen LogP contribution >= 0.6 is 0 Å². The molecule has 2 saturated heterocycles. The van der Waals surface area contributed by atoms with E-state index in [4.69, 9.17) is 9.26 Å². The third-order valence-corrected chi connectivity index (χ3v) is 6.99. The van der Waals surface area contributed by atoms with Gasteiger partial charge in [0, 0.05) is 12.7 Å². The lowest BCUT2D eigenvalue weighted by Gasteiger charge is -2.55. The first-order valence-corrected chi connectivity index (χ1v) is 11.0. The molecule has 11 heteroatoms. The lowest BCUT2D eigenvalue weighted by atomic mass is 9.63. The van der Waals surface area contributed by atoms with E-state index >= 15 is 4.39 Å². The van der Waals surface area contributed by atoms with Crippen LogP contribution in [0.2, 0.25) is 0 Å². The number of carbonyl (C=O) groups excluding carboxylic acids is 3. The van der Waals surface area contributed by atoms with Gasteiger partial charge in [0.15, 0.2) is 11.6 Å². The molecule has 10 nitrogen and oxygen atoms in total. The van der Waals surface area contributed by atoms with Crippen molar-refractivity contribution in [3.63, 3.8) is 0 Å². The van der Waals surface area contributed by atoms with Crippen molar-refractivity contribution in [3.05, 3.63) is 35.8 Å². The molecule has 3 aromatic rings. The van der Waals surface area contributed by atoms with Gasteiger partial charge < -0.3 is 14.2 Å². The highest BCUT2D eigenvalue weighted by atomic mass is 19.1. The minimum atomic E-state index is -1.59. The van der Waals surface area contributed by atoms with Crippen molar-refractivity contribution < 1.29 is 28.0 Å². The summed E-state index contributed by atoms with van der Waals surface area (Å²) in [5.41, 5.74) is -0.229. The zero-order chi connectivity index (χ0) is 23.8. The normalized spacial score (nSPS) is 28.7. The number of fused-ring (bicyclic) bond motifs is 5. The zero-order valence-electron chi connectivity index (χ0n) is 18.4. The summed E-state index contributed by atoms with van der Waals surface area (Å²) in [5, 5.41) is 14.6. The number of carbonyl (C=O) groups is 3. The number of benzene rings is 1. The van der Waals surface area contributed by atoms with Gasteiger partial charge in [0.25, 0.3) is 0 Å². The number of hydrogen-bond donors (Lipinski definition) is 1. The summed E-state index contributed by atoms with van der Waals surface area (Å²) >= 11 is 0. The Labute approximate surface area is 192 Å². The predicted molar refractivity (Wildman–Crippen MR) is 115 cm³/mol. The molecule has 174 valence electrons. The Morgan fingerprint density at radius 3 is 2.82 bits per heavy atom. The Hall–Kier alpha value is -3.73. The number of ketones is 1. The quantitative estimate of drug-likeness (QED) is 0.421. The Balaban J connectivity index is 1.61. The lowest BCUT2D eigenvalue weighted by molar-refractivity contribution is -0.158. The van der Waals surface area contributed by atoms with E-state index in [0.717, 1.165) is 0 Å². The molecule has 3 aliphatic heterocycles. The molecule has 0 aliphatic carbocycles. The molecule has 4 atom stereocenters. The molecular weight excluding hydrogens is 445 g/mol. The van der Waals surface area contributed by atoms with Crippen molar-refractivity contribution in [3.8, 4) is 11.4 Å². The Bertz CT molecular complexity index is 1350. The maximum atomic E-state index is 16.0. The number of ether oxygens (including phenoxy) is 1. The van der Waals surface area contributed by atoms with Crippen molar-refractivity contribution in [1.82, 2.24) is 20.7 Å². The summed E-state index contributed by atoms with van der Waals surface area (Å²) in [7, 11) is 0. The maximum Gasteiger partial charge on any atom is 0.242 e. The standard InChI is InChI=1S/C23H20FN5O5/c1-10-9-29-19-12(6-13-18(14-4-3-5-25-27-14)28-34-20(13)17(19)24)8-23(21(29)11(2)33-10)15(30)7-16(31)26-22(23)32/h3-6,10-11,21H,7-9H2,1-2H3,(H,26,31,32)/t10-,11+,21-,23?/m0/s1. The molecule has 3 aliphatic rings. The number of aromatic nitrogens is 3. The van der Waals surface area contributed by atoms with Gasteiger partial charge in [-0.15, -0.1) is 5.10 Å². The predicted octanol–water partition coefficient (Wildman–Crippen LogP) is 1.56. The SMILES string of the molecule is C[C@H]1CN2c3c(cc4c(-c5cccnn5)noc4c3F)CC3(C(=O)CC(=O)NC3=O)[C@@H]2[C@@H](C)O1. The minimum absolute atomic E-state index is 0.0458. The number of anilines is 1. The van der Waals surface area contributed by atoms with E-state index in [9.17, 15) is 14.4 Å². The third kappa shape index (κ3) is 2.70. The van der Waals surface area contributed by atoms with Crippen LogP contribution < -0.4 is 10.2 Å². The fraction of sp³-hybridized carbons (Fsp3) is 0.391. The highest BCUT2D eigenvalue weighted by Gasteiger charge is 2.62. The number of imide groups is 1. The van der Waals surface area contributed by atoms with Gasteiger partial charge in [-0.25, -0.2) is 4.39 Å². The molecule has 6 rings (SSSR count). The molecule has 1 unspecified atom stereocenters. The second-order valence-corrected chi connectivity index (χ2v) is 9.09. The third-order valence-electron chi connectivity index (χ3n) is 6.99. The van der Waals surface area contributed by atoms with Crippen molar-refractivity contribution in [2.24, 2.45) is 5.41 Å². The first-order valence-electron chi connectivity index (χ1n) is 11.0. The second kappa shape index (κ2) is 7.13. The number of piperidine rings is 1. The lowest BCUT2D eigenvalue weighted by Crippen LogP contribution is -2.72. The molecule has 34 heavy (non-hydrogen) atoms. The monoisotopic (exact) mass is 465 g/mol. The van der Waals surface area contributed by atoms with Crippen molar-refractivity contribution in [2.45, 2.75) is 44.9 Å². The van der Waals surface area contributed by atoms with E-state index in [1.807, 2.05) is 6.92 Å². The summed E-state index contributed by atoms with van der Waals surface area (Å²) in [5.74, 6) is -2.44. The van der Waals surface area contributed by atoms with Crippen LogP contribution in [0.1, 0.15) is 25.8 Å². The van der Waals surface area contributed by atoms with E-state index in [1.165, 1.54) is 6.20 Å². The van der Waals surface area contributed by atoms with Gasteiger partial charge in [0.05, 0.1) is 35.7 Å². The van der Waals surface area contributed by atoms with Gasteiger partial charge in [-0.1, -0.05) is 5.16 Å². The van der Waals surface area contributed by atoms with Gasteiger partial charge in [0.2, 0.25) is 17.4 Å². The summed E-state index contributed by atoms with van der Waals surface area (Å²) in [6, 6.07) is 4.25. The first-order chi connectivity index (χ1) is 16.3. The van der Waals surface area contributed by atoms with Crippen LogP contribution in [0, 0.1) is 11.2 Å². The highest BCUT2D eigenvalue weighted by Crippen LogP contribution is 2.50. The van der Waals surface area contributed by atoms with E-state index in [-0.39, 0.29) is 30.3 Å². The smallest absolute Gasteiger partial charge is 0.242 e. The first kappa shape index (κ1) is 20.8. The van der Waals surface area contributed by atoms with Gasteiger partial charge in [-0.05, 0) is 44.0 Å². The van der Waals surface area contributed by atoms with Gasteiger partial charge in [-0.3, -0.25) is 19.7 Å². The highest BCUT2D eigenvalue weighted by molar-refractivity contribution is 6.22. The number of halogens is 1. The maximum absolute atomic E-state index is 16.0. The van der Waals surface area contributed by atoms with E-state index in [0.29, 0.717) is 22.3 Å². The Kier molecular flexibility index (Phi) is 4.37. The van der Waals surface area contributed by atoms with E-state index < -0.39 is 47.4 Å². The topological polar surface area (TPSA) is 128 Å². The van der Waals surface area contributed by atoms with E-state index in [2.05, 4.69) is 20.7 Å². The minimum Gasteiger partial charge on any atom is -0.372 e. The zero-order valence-corrected chi connectivity index (χ0v) is 18.4. The number of morpholine rings is 1. The van der Waals surface area contributed by atoms with Crippen molar-refractivity contribution >= 4 is 34.3 Å². The largest absolute Gasteiger partial charge is 0.372 e. The Morgan fingerprint density at radius 2 is 2.09 bits per heavy atom. The van der Waals surface area contributed by atoms with Gasteiger partial charge in [0.1, 0.15) is 16.8 Å². The summed E-state index contributed by atoms with van der Waals surface area (Å²) in [4.78, 5) is 40.3. The average Bonchev–Trinajstić information content (AvgIpc) is 3.21. The molecular formula is C23H20FN5O5. The molecule has 2 aromatic heterocycles. The summed E-state index contributed by atoms with van der Waals surface area (Å²) < 4.78 is 27.4. The average molecular weight is 465 g/mol. The fourth-order valence-corrected chi connectivity index (χ4v) is 5.76. The number of rotatable bonds is 1. The number of hydrogen-bond acceptors (Lipinski definition) is 9. The van der Waals surface area contributed by atoms with Crippen LogP contribution in [-0.4, -0.2) is 57.7 Å². The molecule has 0 saturated carbocycles. The molecule has 2 fully saturated rings. The number of Topliss-reactive ketones (excluding diaryl/α,β-unsaturated/α-hetero) is 1. The molecule has 1 N–H and O–H groups in total. The Morgan fingerprint density at radius 1 is 1.26 bits per heavy atom. The number of amides is 2. The van der Waals surface area contributed by atoms with Crippen LogP contribution in [0.3, 0.4) is 0 Å². The molecule has 0 bridgehead atoms. The van der Waals surface area contributed by atoms with Gasteiger partial charge in [-0.2, -0.15) is 5.10 Å². The summed E-state index contributed by atoms with van der Waals surface area (Å²) in [6.07, 6.45) is 0.156. The fourth-order valence-electron chi connectivity index (χ4n) is 5.76. The molecule has 0 radical (unpaired) electrons. The van der Waals surface area contributed by atoms with Crippen LogP contribution in [0.15, 0.2) is 28.9 Å². The molecule has 1 aromatic carbocycles. The van der Waals surface area contributed by atoms with Crippen molar-refractivity contribution in [2.75, 3.05) is 11.4 Å².